The van der Waals surface area contributed by atoms with Crippen LogP contribution in [-0.2, 0) is 6.54 Å². The summed E-state index contributed by atoms with van der Waals surface area (Å²) in [5, 5.41) is 2.80. The van der Waals surface area contributed by atoms with Crippen molar-refractivity contribution in [1.29, 1.82) is 0 Å². The number of aryl methyl sites for hydroxylation is 1. The molecule has 1 N–H and O–H groups in total. The van der Waals surface area contributed by atoms with Gasteiger partial charge < -0.3 is 9.88 Å². The number of carbonyl (C=O) groups excluding carboxylic acids is 1. The molecule has 5 heteroatoms. The van der Waals surface area contributed by atoms with Crippen LogP contribution in [0.5, 0.6) is 0 Å². The average Bonchev–Trinajstić information content (AvgIpc) is 2.80. The number of rotatable bonds is 3. The Hall–Kier alpha value is -1.62. The fraction of sp³-hybridized carbons (Fsp3) is 0.167. The van der Waals surface area contributed by atoms with Gasteiger partial charge in [0.05, 0.1) is 11.9 Å². The van der Waals surface area contributed by atoms with Crippen LogP contribution in [-0.4, -0.2) is 15.5 Å². The Morgan fingerprint density at radius 3 is 2.94 bits per heavy atom. The maximum Gasteiger partial charge on any atom is 0.272 e. The van der Waals surface area contributed by atoms with Crippen molar-refractivity contribution >= 4 is 27.5 Å². The second kappa shape index (κ2) is 5.14. The molecule has 2 heterocycles. The van der Waals surface area contributed by atoms with Crippen molar-refractivity contribution in [2.45, 2.75) is 13.5 Å². The Labute approximate surface area is 108 Å². The number of hydrogen-bond acceptors (Lipinski definition) is 2. The maximum absolute atomic E-state index is 12.0. The van der Waals surface area contributed by atoms with Crippen molar-refractivity contribution in [1.82, 2.24) is 9.55 Å². The molecule has 0 aliphatic carbocycles. The van der Waals surface area contributed by atoms with E-state index in [4.69, 9.17) is 0 Å². The molecule has 1 amide bonds. The molecule has 2 aromatic rings. The van der Waals surface area contributed by atoms with Crippen molar-refractivity contribution in [3.05, 3.63) is 47.0 Å². The zero-order valence-electron chi connectivity index (χ0n) is 9.35. The molecule has 0 fully saturated rings. The zero-order chi connectivity index (χ0) is 12.3. The molecule has 4 nitrogen and oxygen atoms in total. The molecule has 88 valence electrons. The summed E-state index contributed by atoms with van der Waals surface area (Å²) in [7, 11) is 0. The summed E-state index contributed by atoms with van der Waals surface area (Å²) in [6.45, 7) is 2.77. The lowest BCUT2D eigenvalue weighted by molar-refractivity contribution is 0.101. The smallest absolute Gasteiger partial charge is 0.272 e. The summed E-state index contributed by atoms with van der Waals surface area (Å²) in [6.07, 6.45) is 3.50. The highest BCUT2D eigenvalue weighted by molar-refractivity contribution is 9.10. The summed E-state index contributed by atoms with van der Waals surface area (Å²) in [4.78, 5) is 16.0. The highest BCUT2D eigenvalue weighted by Gasteiger charge is 2.09. The predicted octanol–water partition coefficient (Wildman–Crippen LogP) is 2.92. The Morgan fingerprint density at radius 1 is 1.47 bits per heavy atom. The third kappa shape index (κ3) is 2.74. The van der Waals surface area contributed by atoms with Crippen LogP contribution in [0.1, 0.15) is 17.4 Å². The van der Waals surface area contributed by atoms with Crippen LogP contribution in [0.3, 0.4) is 0 Å². The minimum absolute atomic E-state index is 0.124. The van der Waals surface area contributed by atoms with Crippen LogP contribution in [0.2, 0.25) is 0 Å². The predicted molar refractivity (Wildman–Crippen MR) is 70.0 cm³/mol. The lowest BCUT2D eigenvalue weighted by Gasteiger charge is -2.07. The Kier molecular flexibility index (Phi) is 3.58. The van der Waals surface area contributed by atoms with Crippen LogP contribution in [0.4, 0.5) is 5.69 Å². The van der Waals surface area contributed by atoms with Gasteiger partial charge in [-0.1, -0.05) is 0 Å². The van der Waals surface area contributed by atoms with Crippen LogP contribution < -0.4 is 5.32 Å². The second-order valence-corrected chi connectivity index (χ2v) is 4.32. The van der Waals surface area contributed by atoms with E-state index in [2.05, 4.69) is 26.2 Å². The van der Waals surface area contributed by atoms with E-state index in [9.17, 15) is 4.79 Å². The quantitative estimate of drug-likeness (QED) is 0.885. The molecular weight excluding hydrogens is 282 g/mol. The largest absolute Gasteiger partial charge is 0.344 e. The number of nitrogens with one attached hydrogen (secondary N) is 1. The summed E-state index contributed by atoms with van der Waals surface area (Å²) in [5.74, 6) is -0.124. The molecule has 0 atom stereocenters. The number of hydrogen-bond donors (Lipinski definition) is 1. The third-order valence-electron chi connectivity index (χ3n) is 2.39. The first kappa shape index (κ1) is 11.9. The molecule has 0 saturated heterocycles. The van der Waals surface area contributed by atoms with Gasteiger partial charge in [-0.05, 0) is 47.1 Å². The second-order valence-electron chi connectivity index (χ2n) is 3.50. The molecule has 0 radical (unpaired) electrons. The molecule has 2 aromatic heterocycles. The van der Waals surface area contributed by atoms with Crippen LogP contribution in [0.15, 0.2) is 41.3 Å². The SMILES string of the molecule is CCn1cccc1C(=O)Nc1ccc(Br)nc1. The third-order valence-corrected chi connectivity index (χ3v) is 2.86. The van der Waals surface area contributed by atoms with Crippen LogP contribution in [0.25, 0.3) is 0 Å². The van der Waals surface area contributed by atoms with E-state index in [0.29, 0.717) is 11.4 Å². The summed E-state index contributed by atoms with van der Waals surface area (Å²) in [6, 6.07) is 7.24. The molecule has 0 spiro atoms. The van der Waals surface area contributed by atoms with E-state index in [1.54, 1.807) is 24.4 Å². The monoisotopic (exact) mass is 293 g/mol. The number of halogens is 1. The van der Waals surface area contributed by atoms with Crippen molar-refractivity contribution in [3.8, 4) is 0 Å². The van der Waals surface area contributed by atoms with E-state index in [1.165, 1.54) is 0 Å². The van der Waals surface area contributed by atoms with Gasteiger partial charge in [-0.15, -0.1) is 0 Å². The van der Waals surface area contributed by atoms with Gasteiger partial charge in [-0.3, -0.25) is 4.79 Å². The first-order valence-corrected chi connectivity index (χ1v) is 6.08. The first-order valence-electron chi connectivity index (χ1n) is 5.28. The minimum Gasteiger partial charge on any atom is -0.344 e. The van der Waals surface area contributed by atoms with Gasteiger partial charge in [-0.25, -0.2) is 4.98 Å². The van der Waals surface area contributed by atoms with Gasteiger partial charge in [0, 0.05) is 12.7 Å². The lowest BCUT2D eigenvalue weighted by atomic mass is 10.3. The number of carbonyl (C=O) groups is 1. The van der Waals surface area contributed by atoms with E-state index >= 15 is 0 Å². The summed E-state index contributed by atoms with van der Waals surface area (Å²) < 4.78 is 2.63. The van der Waals surface area contributed by atoms with E-state index in [1.807, 2.05) is 23.8 Å². The topological polar surface area (TPSA) is 46.9 Å². The van der Waals surface area contributed by atoms with Crippen molar-refractivity contribution in [2.24, 2.45) is 0 Å². The Balaban J connectivity index is 2.14. The lowest BCUT2D eigenvalue weighted by Crippen LogP contribution is -2.16. The molecule has 17 heavy (non-hydrogen) atoms. The van der Waals surface area contributed by atoms with Gasteiger partial charge in [0.15, 0.2) is 0 Å². The minimum atomic E-state index is -0.124. The molecule has 0 aliphatic rings. The van der Waals surface area contributed by atoms with Crippen molar-refractivity contribution in [2.75, 3.05) is 5.32 Å². The number of nitrogens with zero attached hydrogens (tertiary/aromatic N) is 2. The molecule has 0 bridgehead atoms. The van der Waals surface area contributed by atoms with Crippen molar-refractivity contribution < 1.29 is 4.79 Å². The van der Waals surface area contributed by atoms with Gasteiger partial charge in [0.25, 0.3) is 5.91 Å². The van der Waals surface area contributed by atoms with Gasteiger partial charge in [-0.2, -0.15) is 0 Å². The molecule has 0 unspecified atom stereocenters. The number of aromatic nitrogens is 2. The van der Waals surface area contributed by atoms with Gasteiger partial charge in [0.1, 0.15) is 10.3 Å². The first-order chi connectivity index (χ1) is 8.20. The summed E-state index contributed by atoms with van der Waals surface area (Å²) >= 11 is 3.25. The fourth-order valence-electron chi connectivity index (χ4n) is 1.54. The maximum atomic E-state index is 12.0. The summed E-state index contributed by atoms with van der Waals surface area (Å²) in [5.41, 5.74) is 1.33. The molecule has 2 rings (SSSR count). The average molecular weight is 294 g/mol. The normalized spacial score (nSPS) is 10.2. The van der Waals surface area contributed by atoms with E-state index in [-0.39, 0.29) is 5.91 Å². The van der Waals surface area contributed by atoms with E-state index in [0.717, 1.165) is 11.1 Å². The van der Waals surface area contributed by atoms with E-state index < -0.39 is 0 Å². The fourth-order valence-corrected chi connectivity index (χ4v) is 1.78. The highest BCUT2D eigenvalue weighted by atomic mass is 79.9. The van der Waals surface area contributed by atoms with Crippen molar-refractivity contribution in [3.63, 3.8) is 0 Å². The number of pyridine rings is 1. The van der Waals surface area contributed by atoms with Crippen LogP contribution in [0, 0.1) is 0 Å². The molecule has 0 aliphatic heterocycles. The van der Waals surface area contributed by atoms with Gasteiger partial charge in [0.2, 0.25) is 0 Å². The molecular formula is C12H12BrN3O. The number of anilines is 1. The zero-order valence-corrected chi connectivity index (χ0v) is 10.9. The Bertz CT molecular complexity index is 519. The standard InChI is InChI=1S/C12H12BrN3O/c1-2-16-7-3-4-10(16)12(17)15-9-5-6-11(13)14-8-9/h3-8H,2H2,1H3,(H,15,17). The molecule has 0 saturated carbocycles. The highest BCUT2D eigenvalue weighted by Crippen LogP contribution is 2.12. The van der Waals surface area contributed by atoms with Crippen LogP contribution >= 0.6 is 15.9 Å². The number of amides is 1. The Morgan fingerprint density at radius 2 is 2.29 bits per heavy atom. The molecule has 0 aromatic carbocycles. The van der Waals surface area contributed by atoms with Gasteiger partial charge >= 0.3 is 0 Å².